The van der Waals surface area contributed by atoms with Crippen molar-refractivity contribution < 1.29 is 19.1 Å². The van der Waals surface area contributed by atoms with Gasteiger partial charge in [0.1, 0.15) is 10.8 Å². The van der Waals surface area contributed by atoms with E-state index < -0.39 is 5.97 Å². The van der Waals surface area contributed by atoms with Crippen LogP contribution in [0.15, 0.2) is 24.3 Å². The maximum Gasteiger partial charge on any atom is 0.341 e. The Kier molecular flexibility index (Phi) is 7.80. The number of hydrogen-bond donors (Lipinski definition) is 2. The molecule has 1 aliphatic carbocycles. The lowest BCUT2D eigenvalue weighted by Crippen LogP contribution is -2.34. The second-order valence-corrected chi connectivity index (χ2v) is 11.1. The first-order chi connectivity index (χ1) is 15.5. The van der Waals surface area contributed by atoms with Crippen molar-refractivity contribution in [3.8, 4) is 5.75 Å². The lowest BCUT2D eigenvalue weighted by molar-refractivity contribution is 0.0600. The number of rotatable bonds is 5. The van der Waals surface area contributed by atoms with Gasteiger partial charge in [-0.2, -0.15) is 0 Å². The molecular formula is C25H32N2O4S2. The van der Waals surface area contributed by atoms with E-state index in [1.54, 1.807) is 24.3 Å². The normalized spacial score (nSPS) is 15.5. The molecule has 0 spiro atoms. The summed E-state index contributed by atoms with van der Waals surface area (Å²) in [6, 6.07) is 6.93. The molecule has 33 heavy (non-hydrogen) atoms. The molecule has 1 aliphatic rings. The molecule has 8 heteroatoms. The minimum atomic E-state index is -0.392. The standard InChI is InChI=1S/C25H32N2O4S2/c1-14(2)31-17-9-7-8-15(12-17)21(28)26-24(32)27-22-20(23(29)30-6)18-11-10-16(25(3,4)5)13-19(18)33-22/h7-9,12,14,16H,10-11,13H2,1-6H3,(H2,26,27,28,32). The molecule has 1 aromatic carbocycles. The Bertz CT molecular complexity index is 1050. The Labute approximate surface area is 205 Å². The second kappa shape index (κ2) is 10.2. The van der Waals surface area contributed by atoms with Crippen molar-refractivity contribution >= 4 is 45.5 Å². The van der Waals surface area contributed by atoms with Crippen LogP contribution in [0.4, 0.5) is 5.00 Å². The number of fused-ring (bicyclic) bond motifs is 1. The second-order valence-electron chi connectivity index (χ2n) is 9.61. The molecule has 0 saturated carbocycles. The fourth-order valence-corrected chi connectivity index (χ4v) is 5.60. The Balaban J connectivity index is 1.77. The zero-order valence-corrected chi connectivity index (χ0v) is 21.7. The molecule has 178 valence electrons. The topological polar surface area (TPSA) is 76.7 Å². The highest BCUT2D eigenvalue weighted by atomic mass is 32.1. The number of benzene rings is 1. The number of carbonyl (C=O) groups excluding carboxylic acids is 2. The van der Waals surface area contributed by atoms with Crippen LogP contribution in [0.5, 0.6) is 5.75 Å². The first-order valence-corrected chi connectivity index (χ1v) is 12.3. The molecule has 0 fully saturated rings. The van der Waals surface area contributed by atoms with Gasteiger partial charge in [0.05, 0.1) is 18.8 Å². The van der Waals surface area contributed by atoms with Crippen LogP contribution in [0.1, 0.15) is 72.2 Å². The quantitative estimate of drug-likeness (QED) is 0.421. The SMILES string of the molecule is COC(=O)c1c(NC(=S)NC(=O)c2cccc(OC(C)C)c2)sc2c1CCC(C(C)(C)C)C2. The summed E-state index contributed by atoms with van der Waals surface area (Å²) in [4.78, 5) is 26.5. The highest BCUT2D eigenvalue weighted by Gasteiger charge is 2.34. The fraction of sp³-hybridized carbons (Fsp3) is 0.480. The highest BCUT2D eigenvalue weighted by Crippen LogP contribution is 2.44. The molecule has 0 aliphatic heterocycles. The summed E-state index contributed by atoms with van der Waals surface area (Å²) in [5.74, 6) is 0.408. The van der Waals surface area contributed by atoms with Gasteiger partial charge >= 0.3 is 5.97 Å². The van der Waals surface area contributed by atoms with E-state index >= 15 is 0 Å². The third-order valence-electron chi connectivity index (χ3n) is 5.80. The number of thiocarbonyl (C=S) groups is 1. The van der Waals surface area contributed by atoms with Gasteiger partial charge in [-0.25, -0.2) is 4.79 Å². The van der Waals surface area contributed by atoms with Crippen molar-refractivity contribution in [3.05, 3.63) is 45.8 Å². The number of ether oxygens (including phenoxy) is 2. The molecule has 1 amide bonds. The molecular weight excluding hydrogens is 456 g/mol. The number of carbonyl (C=O) groups is 2. The molecule has 0 saturated heterocycles. The third-order valence-corrected chi connectivity index (χ3v) is 7.18. The highest BCUT2D eigenvalue weighted by molar-refractivity contribution is 7.80. The zero-order chi connectivity index (χ0) is 24.3. The summed E-state index contributed by atoms with van der Waals surface area (Å²) in [5.41, 5.74) is 2.18. The lowest BCUT2D eigenvalue weighted by Gasteiger charge is -2.33. The molecule has 1 aromatic heterocycles. The van der Waals surface area contributed by atoms with Crippen molar-refractivity contribution in [2.24, 2.45) is 11.3 Å². The van der Waals surface area contributed by atoms with Gasteiger partial charge in [0.2, 0.25) is 0 Å². The van der Waals surface area contributed by atoms with E-state index in [0.29, 0.717) is 27.8 Å². The van der Waals surface area contributed by atoms with E-state index in [0.717, 1.165) is 24.8 Å². The lowest BCUT2D eigenvalue weighted by atomic mass is 9.72. The van der Waals surface area contributed by atoms with Crippen molar-refractivity contribution in [1.82, 2.24) is 5.32 Å². The average molecular weight is 489 g/mol. The Morgan fingerprint density at radius 3 is 2.61 bits per heavy atom. The number of esters is 1. The van der Waals surface area contributed by atoms with Gasteiger partial charge in [0.25, 0.3) is 5.91 Å². The first-order valence-electron chi connectivity index (χ1n) is 11.1. The van der Waals surface area contributed by atoms with E-state index in [2.05, 4.69) is 31.4 Å². The molecule has 0 bridgehead atoms. The van der Waals surface area contributed by atoms with E-state index in [1.807, 2.05) is 13.8 Å². The van der Waals surface area contributed by atoms with Crippen molar-refractivity contribution in [1.29, 1.82) is 0 Å². The van der Waals surface area contributed by atoms with E-state index in [1.165, 1.54) is 23.3 Å². The average Bonchev–Trinajstić information content (AvgIpc) is 3.09. The van der Waals surface area contributed by atoms with Crippen LogP contribution in [-0.2, 0) is 17.6 Å². The van der Waals surface area contributed by atoms with Crippen LogP contribution in [0.3, 0.4) is 0 Å². The summed E-state index contributed by atoms with van der Waals surface area (Å²) >= 11 is 6.92. The van der Waals surface area contributed by atoms with E-state index in [4.69, 9.17) is 21.7 Å². The van der Waals surface area contributed by atoms with Crippen LogP contribution in [0.25, 0.3) is 0 Å². The number of amides is 1. The Morgan fingerprint density at radius 1 is 1.24 bits per heavy atom. The predicted molar refractivity (Wildman–Crippen MR) is 137 cm³/mol. The van der Waals surface area contributed by atoms with Crippen LogP contribution in [0, 0.1) is 11.3 Å². The van der Waals surface area contributed by atoms with Gasteiger partial charge in [-0.1, -0.05) is 26.8 Å². The smallest absolute Gasteiger partial charge is 0.341 e. The monoisotopic (exact) mass is 488 g/mol. The van der Waals surface area contributed by atoms with Gasteiger partial charge in [-0.05, 0) is 80.4 Å². The van der Waals surface area contributed by atoms with Crippen LogP contribution >= 0.6 is 23.6 Å². The summed E-state index contributed by atoms with van der Waals surface area (Å²) < 4.78 is 10.7. The first kappa shape index (κ1) is 25.2. The molecule has 1 heterocycles. The molecule has 1 atom stereocenters. The number of methoxy groups -OCH3 is 1. The summed E-state index contributed by atoms with van der Waals surface area (Å²) in [6.07, 6.45) is 2.76. The molecule has 1 unspecified atom stereocenters. The predicted octanol–water partition coefficient (Wildman–Crippen LogP) is 5.60. The van der Waals surface area contributed by atoms with Gasteiger partial charge in [-0.15, -0.1) is 11.3 Å². The molecule has 3 rings (SSSR count). The van der Waals surface area contributed by atoms with E-state index in [-0.39, 0.29) is 22.5 Å². The minimum absolute atomic E-state index is 0.00513. The maximum absolute atomic E-state index is 12.7. The Hall–Kier alpha value is -2.45. The zero-order valence-electron chi connectivity index (χ0n) is 20.0. The largest absolute Gasteiger partial charge is 0.491 e. The van der Waals surface area contributed by atoms with Crippen molar-refractivity contribution in [2.45, 2.75) is 60.0 Å². The number of anilines is 1. The van der Waals surface area contributed by atoms with Crippen LogP contribution < -0.4 is 15.4 Å². The molecule has 2 aromatic rings. The summed E-state index contributed by atoms with van der Waals surface area (Å²) in [6.45, 7) is 10.6. The van der Waals surface area contributed by atoms with Gasteiger partial charge in [0.15, 0.2) is 5.11 Å². The minimum Gasteiger partial charge on any atom is -0.491 e. The van der Waals surface area contributed by atoms with Crippen LogP contribution in [-0.4, -0.2) is 30.2 Å². The fourth-order valence-electron chi connectivity index (χ4n) is 4.02. The van der Waals surface area contributed by atoms with Crippen molar-refractivity contribution in [2.75, 3.05) is 12.4 Å². The maximum atomic E-state index is 12.7. The summed E-state index contributed by atoms with van der Waals surface area (Å²) in [7, 11) is 1.38. The van der Waals surface area contributed by atoms with E-state index in [9.17, 15) is 9.59 Å². The van der Waals surface area contributed by atoms with Crippen LogP contribution in [0.2, 0.25) is 0 Å². The number of thiophene rings is 1. The Morgan fingerprint density at radius 2 is 1.97 bits per heavy atom. The van der Waals surface area contributed by atoms with Gasteiger partial charge in [-0.3, -0.25) is 10.1 Å². The molecule has 6 nitrogen and oxygen atoms in total. The van der Waals surface area contributed by atoms with Gasteiger partial charge < -0.3 is 14.8 Å². The number of nitrogens with one attached hydrogen (secondary N) is 2. The molecule has 2 N–H and O–H groups in total. The third kappa shape index (κ3) is 6.12. The molecule has 0 radical (unpaired) electrons. The van der Waals surface area contributed by atoms with Crippen molar-refractivity contribution in [3.63, 3.8) is 0 Å². The number of hydrogen-bond acceptors (Lipinski definition) is 6. The van der Waals surface area contributed by atoms with Gasteiger partial charge in [0, 0.05) is 10.4 Å². The summed E-state index contributed by atoms with van der Waals surface area (Å²) in [5, 5.41) is 6.52.